The Hall–Kier alpha value is -1.63. The van der Waals surface area contributed by atoms with E-state index in [1.807, 2.05) is 0 Å². The highest BCUT2D eigenvalue weighted by atomic mass is 15.3. The normalized spacial score (nSPS) is 24.6. The summed E-state index contributed by atoms with van der Waals surface area (Å²) in [4.78, 5) is 7.35. The number of nitrogens with zero attached hydrogens (tertiary/aromatic N) is 5. The number of rotatable bonds is 5. The minimum Gasteiger partial charge on any atom is -0.357 e. The number of likely N-dealkylation sites (tertiary alicyclic amines) is 1. The first-order chi connectivity index (χ1) is 12.6. The van der Waals surface area contributed by atoms with Gasteiger partial charge in [-0.2, -0.15) is 0 Å². The van der Waals surface area contributed by atoms with E-state index in [0.29, 0.717) is 24.5 Å². The molecule has 0 bridgehead atoms. The Morgan fingerprint density at radius 3 is 2.81 bits per heavy atom. The molecule has 1 aromatic rings. The fraction of sp³-hybridized carbons (Fsp3) is 0.842. The molecule has 2 unspecified atom stereocenters. The second-order valence-electron chi connectivity index (χ2n) is 7.97. The van der Waals surface area contributed by atoms with Crippen LogP contribution >= 0.6 is 0 Å². The second-order valence-corrected chi connectivity index (χ2v) is 7.97. The summed E-state index contributed by atoms with van der Waals surface area (Å²) in [6.07, 6.45) is 4.75. The van der Waals surface area contributed by atoms with Gasteiger partial charge in [-0.3, -0.25) is 4.90 Å². The highest BCUT2D eigenvalue weighted by Crippen LogP contribution is 2.19. The van der Waals surface area contributed by atoms with Crippen LogP contribution in [0.25, 0.3) is 0 Å². The lowest BCUT2D eigenvalue weighted by Crippen LogP contribution is -2.46. The van der Waals surface area contributed by atoms with Crippen molar-refractivity contribution in [2.45, 2.75) is 78.6 Å². The van der Waals surface area contributed by atoms with Gasteiger partial charge in [-0.05, 0) is 39.5 Å². The van der Waals surface area contributed by atoms with E-state index in [1.54, 1.807) is 0 Å². The van der Waals surface area contributed by atoms with Crippen LogP contribution in [0.15, 0.2) is 4.99 Å². The van der Waals surface area contributed by atoms with Crippen molar-refractivity contribution in [3.05, 3.63) is 11.6 Å². The molecule has 0 aliphatic carbocycles. The summed E-state index contributed by atoms with van der Waals surface area (Å²) in [7, 11) is 0. The Bertz CT molecular complexity index is 607. The molecule has 1 saturated heterocycles. The van der Waals surface area contributed by atoms with Crippen molar-refractivity contribution in [3.8, 4) is 0 Å². The van der Waals surface area contributed by atoms with E-state index in [1.165, 1.54) is 19.3 Å². The average molecular weight is 362 g/mol. The first kappa shape index (κ1) is 19.1. The number of hydrogen-bond acceptors (Lipinski definition) is 4. The minimum absolute atomic E-state index is 0.436. The lowest BCUT2D eigenvalue weighted by atomic mass is 10.1. The molecule has 0 aromatic carbocycles. The van der Waals surface area contributed by atoms with Crippen LogP contribution in [0.2, 0.25) is 0 Å². The molecule has 2 atom stereocenters. The number of aliphatic imine (C=N–C) groups is 1. The van der Waals surface area contributed by atoms with Gasteiger partial charge in [-0.1, -0.05) is 13.3 Å². The predicted molar refractivity (Wildman–Crippen MR) is 105 cm³/mol. The molecular weight excluding hydrogens is 326 g/mol. The third kappa shape index (κ3) is 4.55. The van der Waals surface area contributed by atoms with Gasteiger partial charge in [0.2, 0.25) is 0 Å². The molecule has 3 heterocycles. The molecule has 3 rings (SSSR count). The highest BCUT2D eigenvalue weighted by molar-refractivity contribution is 5.80. The Labute approximate surface area is 157 Å². The monoisotopic (exact) mass is 361 g/mol. The zero-order chi connectivity index (χ0) is 18.5. The van der Waals surface area contributed by atoms with E-state index >= 15 is 0 Å². The summed E-state index contributed by atoms with van der Waals surface area (Å²) in [6, 6.07) is 1.03. The molecule has 2 aliphatic rings. The molecule has 7 nitrogen and oxygen atoms in total. The molecule has 2 N–H and O–H groups in total. The summed E-state index contributed by atoms with van der Waals surface area (Å²) in [6.45, 7) is 13.7. The van der Waals surface area contributed by atoms with Crippen LogP contribution in [-0.4, -0.2) is 57.3 Å². The van der Waals surface area contributed by atoms with E-state index in [4.69, 9.17) is 4.99 Å². The van der Waals surface area contributed by atoms with E-state index in [2.05, 4.69) is 58.0 Å². The van der Waals surface area contributed by atoms with Gasteiger partial charge in [0.05, 0.1) is 0 Å². The van der Waals surface area contributed by atoms with Gasteiger partial charge in [0, 0.05) is 44.7 Å². The molecule has 2 aliphatic heterocycles. The van der Waals surface area contributed by atoms with Gasteiger partial charge in [-0.15, -0.1) is 10.2 Å². The number of aryl methyl sites for hydroxylation is 1. The summed E-state index contributed by atoms with van der Waals surface area (Å²) >= 11 is 0. The Morgan fingerprint density at radius 2 is 2.08 bits per heavy atom. The Balaban J connectivity index is 1.65. The maximum atomic E-state index is 4.82. The zero-order valence-corrected chi connectivity index (χ0v) is 16.8. The molecule has 1 aromatic heterocycles. The SMILES string of the molecule is CCNC(=NCc1nnc2n1CCCCC2)NC1CN(C(C)C)CC1C. The molecule has 146 valence electrons. The van der Waals surface area contributed by atoms with Crippen LogP contribution in [0.1, 0.15) is 58.6 Å². The van der Waals surface area contributed by atoms with E-state index in [0.717, 1.165) is 50.2 Å². The second kappa shape index (κ2) is 8.84. The van der Waals surface area contributed by atoms with Gasteiger partial charge in [-0.25, -0.2) is 4.99 Å². The van der Waals surface area contributed by atoms with Gasteiger partial charge >= 0.3 is 0 Å². The van der Waals surface area contributed by atoms with Crippen LogP contribution < -0.4 is 10.6 Å². The summed E-state index contributed by atoms with van der Waals surface area (Å²) in [5.41, 5.74) is 0. The van der Waals surface area contributed by atoms with Crippen LogP contribution in [0.4, 0.5) is 0 Å². The van der Waals surface area contributed by atoms with E-state index in [-0.39, 0.29) is 0 Å². The topological polar surface area (TPSA) is 70.4 Å². The third-order valence-electron chi connectivity index (χ3n) is 5.60. The highest BCUT2D eigenvalue weighted by Gasteiger charge is 2.31. The van der Waals surface area contributed by atoms with E-state index < -0.39 is 0 Å². The van der Waals surface area contributed by atoms with E-state index in [9.17, 15) is 0 Å². The molecule has 26 heavy (non-hydrogen) atoms. The predicted octanol–water partition coefficient (Wildman–Crippen LogP) is 1.79. The fourth-order valence-electron chi connectivity index (χ4n) is 3.92. The van der Waals surface area contributed by atoms with Crippen molar-refractivity contribution in [3.63, 3.8) is 0 Å². The number of fused-ring (bicyclic) bond motifs is 1. The van der Waals surface area contributed by atoms with Crippen molar-refractivity contribution in [1.82, 2.24) is 30.3 Å². The van der Waals surface area contributed by atoms with Crippen molar-refractivity contribution in [2.24, 2.45) is 10.9 Å². The molecule has 0 radical (unpaired) electrons. The number of aromatic nitrogens is 3. The molecule has 0 amide bonds. The third-order valence-corrected chi connectivity index (χ3v) is 5.60. The standard InChI is InChI=1S/C19H35N7/c1-5-20-19(22-16-13-25(14(2)3)12-15(16)4)21-11-18-24-23-17-9-7-6-8-10-26(17)18/h14-16H,5-13H2,1-4H3,(H2,20,21,22). The van der Waals surface area contributed by atoms with Crippen LogP contribution in [0.5, 0.6) is 0 Å². The number of nitrogens with one attached hydrogen (secondary N) is 2. The quantitative estimate of drug-likeness (QED) is 0.618. The first-order valence-electron chi connectivity index (χ1n) is 10.3. The van der Waals surface area contributed by atoms with Crippen molar-refractivity contribution in [1.29, 1.82) is 0 Å². The van der Waals surface area contributed by atoms with Crippen molar-refractivity contribution >= 4 is 5.96 Å². The van der Waals surface area contributed by atoms with Crippen molar-refractivity contribution < 1.29 is 0 Å². The molecular formula is C19H35N7. The lowest BCUT2D eigenvalue weighted by Gasteiger charge is -2.21. The van der Waals surface area contributed by atoms with Gasteiger partial charge < -0.3 is 15.2 Å². The van der Waals surface area contributed by atoms with Crippen LogP contribution in [0.3, 0.4) is 0 Å². The lowest BCUT2D eigenvalue weighted by molar-refractivity contribution is 0.265. The molecule has 0 saturated carbocycles. The summed E-state index contributed by atoms with van der Waals surface area (Å²) in [5, 5.41) is 15.8. The number of hydrogen-bond donors (Lipinski definition) is 2. The summed E-state index contributed by atoms with van der Waals surface area (Å²) < 4.78 is 2.28. The Morgan fingerprint density at radius 1 is 1.23 bits per heavy atom. The van der Waals surface area contributed by atoms with Gasteiger partial charge in [0.1, 0.15) is 12.4 Å². The fourth-order valence-corrected chi connectivity index (χ4v) is 3.92. The van der Waals surface area contributed by atoms with Crippen molar-refractivity contribution in [2.75, 3.05) is 19.6 Å². The first-order valence-corrected chi connectivity index (χ1v) is 10.3. The maximum absolute atomic E-state index is 4.82. The summed E-state index contributed by atoms with van der Waals surface area (Å²) in [5.74, 6) is 3.62. The minimum atomic E-state index is 0.436. The molecule has 0 spiro atoms. The van der Waals surface area contributed by atoms with Gasteiger partial charge in [0.15, 0.2) is 11.8 Å². The maximum Gasteiger partial charge on any atom is 0.191 e. The number of guanidine groups is 1. The van der Waals surface area contributed by atoms with Crippen LogP contribution in [-0.2, 0) is 19.5 Å². The average Bonchev–Trinajstić information content (AvgIpc) is 3.08. The Kier molecular flexibility index (Phi) is 6.51. The van der Waals surface area contributed by atoms with Gasteiger partial charge in [0.25, 0.3) is 0 Å². The smallest absolute Gasteiger partial charge is 0.191 e. The molecule has 1 fully saturated rings. The largest absolute Gasteiger partial charge is 0.357 e. The molecule has 7 heteroatoms. The van der Waals surface area contributed by atoms with Crippen LogP contribution in [0, 0.1) is 5.92 Å². The zero-order valence-electron chi connectivity index (χ0n) is 16.8.